The predicted octanol–water partition coefficient (Wildman–Crippen LogP) is 1.53. The molecule has 438 valence electrons. The maximum absolute atomic E-state index is 13.4. The Bertz CT molecular complexity index is 2220. The van der Waals surface area contributed by atoms with E-state index in [1.54, 1.807) is 27.7 Å². The third-order valence-electron chi connectivity index (χ3n) is 14.9. The molecular weight excluding hydrogens is 1110 g/mol. The molecule has 4 heterocycles. The zero-order valence-corrected chi connectivity index (χ0v) is 45.9. The fraction of sp³-hybridized carbons (Fsp3) is 0.930. The largest absolute Gasteiger partial charge is 0.743 e. The van der Waals surface area contributed by atoms with Crippen LogP contribution in [0.5, 0.6) is 0 Å². The van der Waals surface area contributed by atoms with Gasteiger partial charge in [-0.15, -0.1) is 0 Å². The van der Waals surface area contributed by atoms with Crippen LogP contribution < -0.4 is 0 Å². The molecular formula is C43H65F6O22S4-3. The number of hydrogen-bond acceptors (Lipinski definition) is 23. The monoisotopic (exact) mass is 1180 g/mol. The Hall–Kier alpha value is -2.21. The van der Waals surface area contributed by atoms with Crippen LogP contribution in [0.2, 0.25) is 0 Å². The maximum atomic E-state index is 13.4. The number of esters is 3. The number of rotatable bonds is 15. The van der Waals surface area contributed by atoms with Gasteiger partial charge in [0, 0.05) is 46.5 Å². The van der Waals surface area contributed by atoms with Gasteiger partial charge in [0.1, 0.15) is 24.4 Å². The Kier molecular flexibility index (Phi) is 17.8. The normalized spacial score (nSPS) is 33.6. The van der Waals surface area contributed by atoms with Gasteiger partial charge in [0.05, 0.1) is 39.7 Å². The minimum Gasteiger partial charge on any atom is -0.743 e. The van der Waals surface area contributed by atoms with Crippen LogP contribution in [-0.4, -0.2) is 178 Å². The molecule has 15 atom stereocenters. The highest BCUT2D eigenvalue weighted by Gasteiger charge is 2.67. The standard InChI is InChI=1S/C15H24F2O7S.C14H22F2O8S.C14H22F2O7S2/c1-13(2,19)10-7-5-8(11(10)14(3,4)20)9(6-7)24-12(18)15(16,17)25(21,22)23;1-12(2,18)8-6-5-7(10(23-6)9(8)13(3,4)19)24-11(17)14(15,16)25(20,21)22;1-12(2,18)8-7-5-6(10(24-7)9(8)13(3,4)19)23-11(17)14(15,16)25(20,21)22/h7-11,19-20H,5-6H2,1-4H3,(H,21,22,23);2*6-10,18-19H,5H2,1-4H3,(H,20,21,22)/p-3. The van der Waals surface area contributed by atoms with Gasteiger partial charge < -0.3 is 63.2 Å². The van der Waals surface area contributed by atoms with Crippen molar-refractivity contribution in [1.82, 2.24) is 0 Å². The van der Waals surface area contributed by atoms with E-state index < -0.39 is 163 Å². The van der Waals surface area contributed by atoms with E-state index in [0.717, 1.165) is 0 Å². The second-order valence-corrected chi connectivity index (χ2v) is 29.2. The first-order valence-corrected chi connectivity index (χ1v) is 28.4. The number of ether oxygens (including phenoxy) is 4. The number of halogens is 6. The van der Waals surface area contributed by atoms with E-state index in [1.807, 2.05) is 0 Å². The molecule has 6 bridgehead atoms. The summed E-state index contributed by atoms with van der Waals surface area (Å²) in [5, 5.41) is 46.1. The molecule has 32 heteroatoms. The van der Waals surface area contributed by atoms with E-state index in [9.17, 15) is 110 Å². The van der Waals surface area contributed by atoms with Crippen LogP contribution in [0.1, 0.15) is 109 Å². The van der Waals surface area contributed by atoms with Crippen molar-refractivity contribution in [2.24, 2.45) is 47.3 Å². The van der Waals surface area contributed by atoms with Gasteiger partial charge in [0.25, 0.3) is 0 Å². The summed E-state index contributed by atoms with van der Waals surface area (Å²) in [5.41, 5.74) is -7.53. The number of aliphatic hydroxyl groups is 6. The van der Waals surface area contributed by atoms with Crippen LogP contribution in [0.4, 0.5) is 26.3 Å². The number of thioether (sulfide) groups is 1. The number of carbonyl (C=O) groups excluding carboxylic acids is 3. The molecule has 6 aliphatic rings. The molecule has 0 amide bonds. The highest BCUT2D eigenvalue weighted by molar-refractivity contribution is 8.01. The average Bonchev–Trinajstić information content (AvgIpc) is 4.03. The third kappa shape index (κ3) is 13.2. The lowest BCUT2D eigenvalue weighted by atomic mass is 9.65. The summed E-state index contributed by atoms with van der Waals surface area (Å²) in [6, 6.07) is 0. The highest BCUT2D eigenvalue weighted by Crippen LogP contribution is 2.61. The molecule has 4 aliphatic heterocycles. The summed E-state index contributed by atoms with van der Waals surface area (Å²) in [5.74, 6) is -11.1. The Balaban J connectivity index is 0.000000243. The SMILES string of the molecule is CC(C)(O)C1C2CC(OC(=O)C(F)(F)S(=O)(=O)[O-])C(C2)C1C(C)(C)O.CC(C)(O)C1C2CC(OC(=O)C(F)(F)S(=O)(=O)[O-])C(O2)C1C(C)(C)O.CC(C)(O)C1C2CC(OC(=O)C(F)(F)S(=O)(=O)[O-])C(S2)C1C(C)(C)O. The summed E-state index contributed by atoms with van der Waals surface area (Å²) < 4.78 is 194. The molecule has 0 aromatic carbocycles. The second kappa shape index (κ2) is 20.4. The molecule has 6 N–H and O–H groups in total. The van der Waals surface area contributed by atoms with Gasteiger partial charge >= 0.3 is 33.7 Å². The summed E-state index contributed by atoms with van der Waals surface area (Å²) in [7, 11) is -18.6. The van der Waals surface area contributed by atoms with Crippen molar-refractivity contribution < 1.29 is 129 Å². The van der Waals surface area contributed by atoms with Gasteiger partial charge in [0.15, 0.2) is 30.4 Å². The second-order valence-electron chi connectivity index (χ2n) is 23.5. The first-order chi connectivity index (χ1) is 32.9. The molecule has 15 unspecified atom stereocenters. The predicted molar refractivity (Wildman–Crippen MR) is 242 cm³/mol. The molecule has 4 saturated heterocycles. The van der Waals surface area contributed by atoms with Gasteiger partial charge in [-0.05, 0) is 120 Å². The lowest BCUT2D eigenvalue weighted by molar-refractivity contribution is -0.179. The Morgan fingerprint density at radius 3 is 1.16 bits per heavy atom. The fourth-order valence-corrected chi connectivity index (χ4v) is 15.6. The van der Waals surface area contributed by atoms with Gasteiger partial charge in [-0.3, -0.25) is 0 Å². The first-order valence-electron chi connectivity index (χ1n) is 23.2. The zero-order valence-electron chi connectivity index (χ0n) is 42.6. The molecule has 6 rings (SSSR count). The molecule has 6 fully saturated rings. The summed E-state index contributed by atoms with van der Waals surface area (Å²) in [6.07, 6.45) is -4.43. The van der Waals surface area contributed by atoms with Gasteiger partial charge in [0.2, 0.25) is 0 Å². The molecule has 22 nitrogen and oxygen atoms in total. The van der Waals surface area contributed by atoms with Crippen LogP contribution >= 0.6 is 11.8 Å². The number of fused-ring (bicyclic) bond motifs is 6. The Labute approximate surface area is 434 Å². The quantitative estimate of drug-likeness (QED) is 0.0586. The molecule has 0 spiro atoms. The van der Waals surface area contributed by atoms with Crippen molar-refractivity contribution in [2.45, 2.75) is 199 Å². The van der Waals surface area contributed by atoms with Crippen molar-refractivity contribution in [3.8, 4) is 0 Å². The van der Waals surface area contributed by atoms with Crippen molar-refractivity contribution in [3.63, 3.8) is 0 Å². The molecule has 75 heavy (non-hydrogen) atoms. The summed E-state index contributed by atoms with van der Waals surface area (Å²) in [4.78, 5) is 34.5. The minimum absolute atomic E-state index is 0.0629. The van der Waals surface area contributed by atoms with Crippen LogP contribution in [0, 0.1) is 47.3 Å². The van der Waals surface area contributed by atoms with Crippen molar-refractivity contribution in [1.29, 1.82) is 0 Å². The molecule has 0 aromatic rings. The number of hydrogen-bond donors (Lipinski definition) is 6. The lowest BCUT2D eigenvalue weighted by Crippen LogP contribution is -2.55. The van der Waals surface area contributed by atoms with Gasteiger partial charge in [-0.2, -0.15) is 38.1 Å². The van der Waals surface area contributed by atoms with E-state index in [-0.39, 0.29) is 42.3 Å². The van der Waals surface area contributed by atoms with Crippen molar-refractivity contribution in [2.75, 3.05) is 0 Å². The highest BCUT2D eigenvalue weighted by atomic mass is 32.2. The van der Waals surface area contributed by atoms with Crippen LogP contribution in [-0.2, 0) is 63.7 Å². The zero-order chi connectivity index (χ0) is 58.8. The smallest absolute Gasteiger partial charge is 0.428 e. The number of carbonyl (C=O) groups is 3. The Morgan fingerprint density at radius 2 is 0.813 bits per heavy atom. The lowest BCUT2D eigenvalue weighted by Gasteiger charge is -2.46. The molecule has 0 aromatic heterocycles. The Morgan fingerprint density at radius 1 is 0.467 bits per heavy atom. The van der Waals surface area contributed by atoms with E-state index in [4.69, 9.17) is 4.74 Å². The first kappa shape index (κ1) is 65.3. The fourth-order valence-electron chi connectivity index (χ4n) is 12.4. The van der Waals surface area contributed by atoms with E-state index in [1.165, 1.54) is 67.2 Å². The third-order valence-corrected chi connectivity index (χ3v) is 19.0. The van der Waals surface area contributed by atoms with Crippen LogP contribution in [0.25, 0.3) is 0 Å². The summed E-state index contributed by atoms with van der Waals surface area (Å²) >= 11 is 1.30. The van der Waals surface area contributed by atoms with Crippen LogP contribution in [0.3, 0.4) is 0 Å². The average molecular weight is 1180 g/mol. The van der Waals surface area contributed by atoms with Gasteiger partial charge in [-0.1, -0.05) is 0 Å². The minimum atomic E-state index is -6.22. The van der Waals surface area contributed by atoms with Gasteiger partial charge in [-0.25, -0.2) is 39.6 Å². The maximum Gasteiger partial charge on any atom is 0.428 e. The summed E-state index contributed by atoms with van der Waals surface area (Å²) in [6.45, 7) is 18.3. The number of alkyl halides is 6. The van der Waals surface area contributed by atoms with E-state index in [0.29, 0.717) is 6.42 Å². The van der Waals surface area contributed by atoms with Crippen molar-refractivity contribution in [3.05, 3.63) is 0 Å². The molecule has 2 aliphatic carbocycles. The van der Waals surface area contributed by atoms with E-state index in [2.05, 4.69) is 14.2 Å². The topological polar surface area (TPSA) is 381 Å². The molecule has 2 saturated carbocycles. The van der Waals surface area contributed by atoms with E-state index >= 15 is 0 Å². The van der Waals surface area contributed by atoms with Crippen LogP contribution in [0.15, 0.2) is 0 Å². The van der Waals surface area contributed by atoms with Crippen molar-refractivity contribution >= 4 is 60.0 Å². The molecule has 0 radical (unpaired) electrons.